The first kappa shape index (κ1) is 15.7. The molecule has 1 aliphatic carbocycles. The summed E-state index contributed by atoms with van der Waals surface area (Å²) in [4.78, 5) is 18.4. The molecule has 1 fully saturated rings. The molecule has 0 bridgehead atoms. The third kappa shape index (κ3) is 3.07. The second kappa shape index (κ2) is 6.24. The van der Waals surface area contributed by atoms with E-state index in [1.54, 1.807) is 11.8 Å². The van der Waals surface area contributed by atoms with Crippen molar-refractivity contribution in [2.75, 3.05) is 0 Å². The van der Waals surface area contributed by atoms with Crippen molar-refractivity contribution in [3.05, 3.63) is 41.5 Å². The fourth-order valence-electron chi connectivity index (χ4n) is 2.97. The Kier molecular flexibility index (Phi) is 4.08. The number of thioether (sulfide) groups is 1. The Morgan fingerprint density at radius 3 is 2.83 bits per heavy atom. The van der Waals surface area contributed by atoms with Crippen LogP contribution in [0.25, 0.3) is 0 Å². The van der Waals surface area contributed by atoms with Gasteiger partial charge in [-0.2, -0.15) is 4.98 Å². The summed E-state index contributed by atoms with van der Waals surface area (Å²) in [6.07, 6.45) is 3.04. The average molecular weight is 343 g/mol. The van der Waals surface area contributed by atoms with Crippen LogP contribution in [-0.4, -0.2) is 21.3 Å². The first-order chi connectivity index (χ1) is 11.6. The molecular formula is C18H21N3O2S. The topological polar surface area (TPSA) is 68.0 Å². The number of hydrogen-bond acceptors (Lipinski definition) is 5. The Balaban J connectivity index is 1.46. The van der Waals surface area contributed by atoms with Gasteiger partial charge in [0.25, 0.3) is 0 Å². The number of carbonyl (C=O) groups is 1. The van der Waals surface area contributed by atoms with Crippen LogP contribution in [0.15, 0.2) is 33.7 Å². The first-order valence-corrected chi connectivity index (χ1v) is 9.38. The lowest BCUT2D eigenvalue weighted by Crippen LogP contribution is -2.37. The van der Waals surface area contributed by atoms with Crippen molar-refractivity contribution in [1.82, 2.24) is 15.5 Å². The van der Waals surface area contributed by atoms with Crippen molar-refractivity contribution >= 4 is 17.7 Å². The van der Waals surface area contributed by atoms with E-state index < -0.39 is 0 Å². The molecule has 1 aromatic heterocycles. The van der Waals surface area contributed by atoms with Gasteiger partial charge in [-0.1, -0.05) is 37.2 Å². The fraction of sp³-hybridized carbons (Fsp3) is 0.500. The summed E-state index contributed by atoms with van der Waals surface area (Å²) in [7, 11) is 0. The van der Waals surface area contributed by atoms with E-state index in [2.05, 4.69) is 41.4 Å². The van der Waals surface area contributed by atoms with Gasteiger partial charge in [0, 0.05) is 10.8 Å². The summed E-state index contributed by atoms with van der Waals surface area (Å²) >= 11 is 1.63. The molecule has 2 aromatic rings. The Labute approximate surface area is 145 Å². The van der Waals surface area contributed by atoms with E-state index in [0.717, 1.165) is 25.1 Å². The van der Waals surface area contributed by atoms with Gasteiger partial charge in [-0.05, 0) is 36.8 Å². The third-order valence-corrected chi connectivity index (χ3v) is 5.89. The van der Waals surface area contributed by atoms with Crippen molar-refractivity contribution in [3.8, 4) is 0 Å². The first-order valence-electron chi connectivity index (χ1n) is 8.50. The molecule has 2 atom stereocenters. The summed E-state index contributed by atoms with van der Waals surface area (Å²) in [5, 5.41) is 7.11. The number of amides is 1. The highest BCUT2D eigenvalue weighted by Crippen LogP contribution is 2.39. The summed E-state index contributed by atoms with van der Waals surface area (Å²) in [5.41, 5.74) is 1.25. The molecule has 24 heavy (non-hydrogen) atoms. The van der Waals surface area contributed by atoms with Gasteiger partial charge in [-0.25, -0.2) is 0 Å². The average Bonchev–Trinajstić information content (AvgIpc) is 3.14. The van der Waals surface area contributed by atoms with Gasteiger partial charge in [0.2, 0.25) is 11.8 Å². The fourth-order valence-corrected chi connectivity index (χ4v) is 4.17. The number of aromatic nitrogens is 2. The maximum absolute atomic E-state index is 12.7. The smallest absolute Gasteiger partial charge is 0.249 e. The molecule has 1 aliphatic heterocycles. The second-order valence-electron chi connectivity index (χ2n) is 6.91. The molecule has 2 heterocycles. The molecule has 1 saturated carbocycles. The van der Waals surface area contributed by atoms with Gasteiger partial charge >= 0.3 is 0 Å². The molecule has 6 heteroatoms. The van der Waals surface area contributed by atoms with Crippen LogP contribution in [0.2, 0.25) is 0 Å². The Morgan fingerprint density at radius 2 is 2.12 bits per heavy atom. The molecule has 1 amide bonds. The minimum absolute atomic E-state index is 0.0427. The summed E-state index contributed by atoms with van der Waals surface area (Å²) in [6.45, 7) is 4.12. The van der Waals surface area contributed by atoms with Crippen LogP contribution in [0.4, 0.5) is 0 Å². The van der Waals surface area contributed by atoms with Crippen LogP contribution >= 0.6 is 11.8 Å². The third-order valence-electron chi connectivity index (χ3n) is 4.57. The SMILES string of the molecule is CC(C)[C@H](NC(=O)[C@H]1Cc2ccccc2S1)c1nc(C2CC2)no1. The molecule has 0 radical (unpaired) electrons. The van der Waals surface area contributed by atoms with Crippen LogP contribution in [0.1, 0.15) is 55.9 Å². The monoisotopic (exact) mass is 343 g/mol. The predicted octanol–water partition coefficient (Wildman–Crippen LogP) is 3.48. The van der Waals surface area contributed by atoms with E-state index in [1.807, 2.05) is 12.1 Å². The van der Waals surface area contributed by atoms with Gasteiger partial charge in [0.15, 0.2) is 5.82 Å². The lowest BCUT2D eigenvalue weighted by molar-refractivity contribution is -0.121. The van der Waals surface area contributed by atoms with E-state index in [4.69, 9.17) is 4.52 Å². The number of hydrogen-bond donors (Lipinski definition) is 1. The number of nitrogens with one attached hydrogen (secondary N) is 1. The molecule has 2 aliphatic rings. The maximum atomic E-state index is 12.7. The van der Waals surface area contributed by atoms with E-state index in [1.165, 1.54) is 10.5 Å². The molecule has 0 unspecified atom stereocenters. The minimum Gasteiger partial charge on any atom is -0.343 e. The van der Waals surface area contributed by atoms with Crippen LogP contribution in [0, 0.1) is 5.92 Å². The molecule has 126 valence electrons. The quantitative estimate of drug-likeness (QED) is 0.900. The van der Waals surface area contributed by atoms with Crippen LogP contribution in [0.5, 0.6) is 0 Å². The van der Waals surface area contributed by atoms with E-state index in [9.17, 15) is 4.79 Å². The Morgan fingerprint density at radius 1 is 1.33 bits per heavy atom. The molecule has 5 nitrogen and oxygen atoms in total. The number of benzene rings is 1. The Hall–Kier alpha value is -1.82. The van der Waals surface area contributed by atoms with Crippen molar-refractivity contribution in [1.29, 1.82) is 0 Å². The number of nitrogens with zero attached hydrogens (tertiary/aromatic N) is 2. The van der Waals surface area contributed by atoms with Gasteiger partial charge in [-0.15, -0.1) is 11.8 Å². The van der Waals surface area contributed by atoms with Gasteiger partial charge in [-0.3, -0.25) is 4.79 Å². The molecule has 0 saturated heterocycles. The molecule has 4 rings (SSSR count). The number of carbonyl (C=O) groups excluding carboxylic acids is 1. The van der Waals surface area contributed by atoms with Gasteiger partial charge in [0.1, 0.15) is 6.04 Å². The minimum atomic E-state index is -0.234. The largest absolute Gasteiger partial charge is 0.343 e. The van der Waals surface area contributed by atoms with E-state index >= 15 is 0 Å². The predicted molar refractivity (Wildman–Crippen MR) is 91.8 cm³/mol. The van der Waals surface area contributed by atoms with Crippen molar-refractivity contribution in [2.45, 2.75) is 55.2 Å². The standard InChI is InChI=1S/C18H21N3O2S/c1-10(2)15(18-20-16(21-23-18)11-7-8-11)19-17(22)14-9-12-5-3-4-6-13(12)24-14/h3-6,10-11,14-15H,7-9H2,1-2H3,(H,19,22)/t14-,15+/m1/s1. The zero-order valence-electron chi connectivity index (χ0n) is 13.9. The van der Waals surface area contributed by atoms with Gasteiger partial charge < -0.3 is 9.84 Å². The molecule has 1 N–H and O–H groups in total. The van der Waals surface area contributed by atoms with Crippen molar-refractivity contribution in [2.24, 2.45) is 5.92 Å². The Bertz CT molecular complexity index is 729. The summed E-state index contributed by atoms with van der Waals surface area (Å²) in [6, 6.07) is 7.97. The summed E-state index contributed by atoms with van der Waals surface area (Å²) in [5.74, 6) is 2.00. The second-order valence-corrected chi connectivity index (χ2v) is 8.16. The highest BCUT2D eigenvalue weighted by Gasteiger charge is 2.34. The normalized spacial score (nSPS) is 20.9. The molecule has 1 aromatic carbocycles. The van der Waals surface area contributed by atoms with Gasteiger partial charge in [0.05, 0.1) is 5.25 Å². The van der Waals surface area contributed by atoms with Crippen molar-refractivity contribution in [3.63, 3.8) is 0 Å². The highest BCUT2D eigenvalue weighted by atomic mass is 32.2. The van der Waals surface area contributed by atoms with Crippen LogP contribution in [0.3, 0.4) is 0 Å². The zero-order valence-corrected chi connectivity index (χ0v) is 14.7. The number of rotatable bonds is 5. The van der Waals surface area contributed by atoms with E-state index in [0.29, 0.717) is 11.8 Å². The molecular weight excluding hydrogens is 322 g/mol. The zero-order chi connectivity index (χ0) is 16.7. The maximum Gasteiger partial charge on any atom is 0.249 e. The van der Waals surface area contributed by atoms with Crippen LogP contribution in [-0.2, 0) is 11.2 Å². The number of fused-ring (bicyclic) bond motifs is 1. The summed E-state index contributed by atoms with van der Waals surface area (Å²) < 4.78 is 5.43. The molecule has 0 spiro atoms. The lowest BCUT2D eigenvalue weighted by atomic mass is 10.0. The highest BCUT2D eigenvalue weighted by molar-refractivity contribution is 8.01. The van der Waals surface area contributed by atoms with Crippen molar-refractivity contribution < 1.29 is 9.32 Å². The van der Waals surface area contributed by atoms with E-state index in [-0.39, 0.29) is 23.1 Å². The lowest BCUT2D eigenvalue weighted by Gasteiger charge is -2.20. The van der Waals surface area contributed by atoms with Crippen LogP contribution < -0.4 is 5.32 Å².